The van der Waals surface area contributed by atoms with Crippen molar-refractivity contribution in [1.82, 2.24) is 15.3 Å². The van der Waals surface area contributed by atoms with Crippen molar-refractivity contribution in [3.8, 4) is 11.5 Å². The molecule has 0 aliphatic heterocycles. The number of nitrogens with one attached hydrogen (secondary N) is 4. The topological polar surface area (TPSA) is 183 Å². The maximum atomic E-state index is 13.4. The molecular formula is C37H35N5O6. The van der Waals surface area contributed by atoms with Gasteiger partial charge in [0.2, 0.25) is 5.91 Å². The van der Waals surface area contributed by atoms with Gasteiger partial charge in [-0.3, -0.25) is 9.59 Å². The molecule has 4 aromatic carbocycles. The van der Waals surface area contributed by atoms with Crippen LogP contribution < -0.4 is 21.1 Å². The number of H-pyrrole nitrogens is 2. The molecule has 0 aliphatic carbocycles. The SMILES string of the molecule is N[C@@H](Cc1ccc(O)cc1)C(=O)Nc1ccc(C(=O)N[C@@H](Cc2c[nH]c3ccccc23)C(=O)O)cc1OCCc1c[nH]c2ccccc12. The van der Waals surface area contributed by atoms with E-state index in [1.54, 1.807) is 18.3 Å². The van der Waals surface area contributed by atoms with Crippen LogP contribution in [0.5, 0.6) is 11.5 Å². The Kier molecular flexibility index (Phi) is 9.40. The number of anilines is 1. The lowest BCUT2D eigenvalue weighted by Gasteiger charge is -2.18. The fraction of sp³-hybridized carbons (Fsp3) is 0.162. The number of carbonyl (C=O) groups excluding carboxylic acids is 2. The smallest absolute Gasteiger partial charge is 0.326 e. The second-order valence-corrected chi connectivity index (χ2v) is 11.6. The summed E-state index contributed by atoms with van der Waals surface area (Å²) in [6, 6.07) is 24.3. The summed E-state index contributed by atoms with van der Waals surface area (Å²) in [6.07, 6.45) is 4.52. The Balaban J connectivity index is 1.20. The van der Waals surface area contributed by atoms with Crippen LogP contribution in [0.2, 0.25) is 0 Å². The summed E-state index contributed by atoms with van der Waals surface area (Å²) in [5.41, 5.74) is 11.1. The number of aromatic hydroxyl groups is 1. The first-order valence-electron chi connectivity index (χ1n) is 15.5. The van der Waals surface area contributed by atoms with E-state index in [9.17, 15) is 24.6 Å². The highest BCUT2D eigenvalue weighted by Gasteiger charge is 2.24. The number of fused-ring (bicyclic) bond motifs is 2. The quantitative estimate of drug-likeness (QED) is 0.0931. The van der Waals surface area contributed by atoms with Gasteiger partial charge in [-0.1, -0.05) is 48.5 Å². The minimum absolute atomic E-state index is 0.0755. The number of carboxylic acid groups (broad SMARTS) is 1. The van der Waals surface area contributed by atoms with Crippen LogP contribution >= 0.6 is 0 Å². The summed E-state index contributed by atoms with van der Waals surface area (Å²) in [4.78, 5) is 45.1. The number of amides is 2. The van der Waals surface area contributed by atoms with Crippen molar-refractivity contribution < 1.29 is 29.3 Å². The van der Waals surface area contributed by atoms with Crippen LogP contribution in [0, 0.1) is 0 Å². The Bertz CT molecular complexity index is 2080. The number of carbonyl (C=O) groups is 3. The number of aromatic amines is 2. The van der Waals surface area contributed by atoms with E-state index in [2.05, 4.69) is 20.6 Å². The highest BCUT2D eigenvalue weighted by molar-refractivity contribution is 6.00. The summed E-state index contributed by atoms with van der Waals surface area (Å²) in [7, 11) is 0. The number of para-hydroxylation sites is 2. The standard InChI is InChI=1S/C37H35N5O6/c38-29(17-22-9-12-26(43)13-10-22)36(45)41-32-14-11-23(19-34(32)48-16-15-24-20-39-30-7-3-1-5-27(24)30)35(44)42-33(37(46)47)18-25-21-40-31-8-4-2-6-28(25)31/h1-14,19-21,29,33,39-40,43H,15-18,38H2,(H,41,45)(H,42,44)(H,46,47)/t29-,33-/m0/s1. The van der Waals surface area contributed by atoms with Gasteiger partial charge in [-0.15, -0.1) is 0 Å². The molecular weight excluding hydrogens is 610 g/mol. The predicted molar refractivity (Wildman–Crippen MR) is 183 cm³/mol. The van der Waals surface area contributed by atoms with E-state index in [0.717, 1.165) is 38.5 Å². The Labute approximate surface area is 275 Å². The second-order valence-electron chi connectivity index (χ2n) is 11.6. The zero-order valence-electron chi connectivity index (χ0n) is 25.9. The highest BCUT2D eigenvalue weighted by Crippen LogP contribution is 2.28. The van der Waals surface area contributed by atoms with Crippen LogP contribution in [-0.2, 0) is 28.9 Å². The van der Waals surface area contributed by atoms with Gasteiger partial charge in [-0.25, -0.2) is 4.79 Å². The van der Waals surface area contributed by atoms with Gasteiger partial charge < -0.3 is 41.3 Å². The number of carboxylic acids is 1. The lowest BCUT2D eigenvalue weighted by molar-refractivity contribution is -0.139. The third-order valence-electron chi connectivity index (χ3n) is 8.24. The maximum Gasteiger partial charge on any atom is 0.326 e. The molecule has 0 saturated carbocycles. The van der Waals surface area contributed by atoms with Crippen molar-refractivity contribution >= 4 is 45.3 Å². The second kappa shape index (κ2) is 14.1. The first-order valence-corrected chi connectivity index (χ1v) is 15.5. The summed E-state index contributed by atoms with van der Waals surface area (Å²) < 4.78 is 6.15. The molecule has 11 heteroatoms. The first kappa shape index (κ1) is 31.9. The van der Waals surface area contributed by atoms with Crippen molar-refractivity contribution in [2.75, 3.05) is 11.9 Å². The number of hydrogen-bond donors (Lipinski definition) is 7. The van der Waals surface area contributed by atoms with Crippen molar-refractivity contribution in [2.24, 2.45) is 5.73 Å². The molecule has 0 unspecified atom stereocenters. The normalized spacial score (nSPS) is 12.4. The zero-order chi connectivity index (χ0) is 33.6. The zero-order valence-corrected chi connectivity index (χ0v) is 25.9. The van der Waals surface area contributed by atoms with E-state index in [1.165, 1.54) is 30.3 Å². The van der Waals surface area contributed by atoms with E-state index in [-0.39, 0.29) is 36.5 Å². The first-order chi connectivity index (χ1) is 23.2. The molecule has 0 saturated heterocycles. The lowest BCUT2D eigenvalue weighted by Crippen LogP contribution is -2.42. The summed E-state index contributed by atoms with van der Waals surface area (Å²) in [5.74, 6) is -1.90. The van der Waals surface area contributed by atoms with Gasteiger partial charge in [0.25, 0.3) is 5.91 Å². The fourth-order valence-corrected chi connectivity index (χ4v) is 5.66. The minimum Gasteiger partial charge on any atom is -0.508 e. The van der Waals surface area contributed by atoms with Gasteiger partial charge in [-0.2, -0.15) is 0 Å². The van der Waals surface area contributed by atoms with E-state index >= 15 is 0 Å². The number of aromatic nitrogens is 2. The number of nitrogens with two attached hydrogens (primary N) is 1. The lowest BCUT2D eigenvalue weighted by atomic mass is 10.0. The van der Waals surface area contributed by atoms with Crippen molar-refractivity contribution in [3.05, 3.63) is 126 Å². The average Bonchev–Trinajstić information content (AvgIpc) is 3.70. The Morgan fingerprint density at radius 2 is 1.46 bits per heavy atom. The van der Waals surface area contributed by atoms with Gasteiger partial charge in [-0.05, 0) is 65.6 Å². The van der Waals surface area contributed by atoms with Crippen molar-refractivity contribution in [2.45, 2.75) is 31.3 Å². The molecule has 0 spiro atoms. The van der Waals surface area contributed by atoms with Gasteiger partial charge in [0, 0.05) is 52.6 Å². The molecule has 0 bridgehead atoms. The molecule has 6 aromatic rings. The van der Waals surface area contributed by atoms with Crippen molar-refractivity contribution in [3.63, 3.8) is 0 Å². The fourth-order valence-electron chi connectivity index (χ4n) is 5.66. The molecule has 48 heavy (non-hydrogen) atoms. The number of benzene rings is 4. The molecule has 0 fully saturated rings. The number of phenols is 1. The third-order valence-corrected chi connectivity index (χ3v) is 8.24. The van der Waals surface area contributed by atoms with Crippen LogP contribution in [0.1, 0.15) is 27.0 Å². The van der Waals surface area contributed by atoms with E-state index in [0.29, 0.717) is 12.1 Å². The Morgan fingerprint density at radius 3 is 2.15 bits per heavy atom. The van der Waals surface area contributed by atoms with E-state index in [4.69, 9.17) is 10.5 Å². The predicted octanol–water partition coefficient (Wildman–Crippen LogP) is 4.91. The van der Waals surface area contributed by atoms with Crippen LogP contribution in [0.25, 0.3) is 21.8 Å². The molecule has 8 N–H and O–H groups in total. The Hall–Kier alpha value is -6.07. The number of aliphatic carboxylic acids is 1. The summed E-state index contributed by atoms with van der Waals surface area (Å²) in [5, 5.41) is 26.9. The largest absolute Gasteiger partial charge is 0.508 e. The molecule has 0 aliphatic rings. The van der Waals surface area contributed by atoms with Crippen LogP contribution in [0.15, 0.2) is 103 Å². The molecule has 2 amide bonds. The number of ether oxygens (including phenoxy) is 1. The van der Waals surface area contributed by atoms with Crippen molar-refractivity contribution in [1.29, 1.82) is 0 Å². The molecule has 244 valence electrons. The highest BCUT2D eigenvalue weighted by atomic mass is 16.5. The molecule has 2 aromatic heterocycles. The molecule has 2 heterocycles. The number of rotatable bonds is 13. The molecule has 11 nitrogen and oxygen atoms in total. The molecule has 6 rings (SSSR count). The minimum atomic E-state index is -1.19. The summed E-state index contributed by atoms with van der Waals surface area (Å²) >= 11 is 0. The van der Waals surface area contributed by atoms with Gasteiger partial charge in [0.15, 0.2) is 0 Å². The van der Waals surface area contributed by atoms with E-state index in [1.807, 2.05) is 54.7 Å². The van der Waals surface area contributed by atoms with Crippen LogP contribution in [0.3, 0.4) is 0 Å². The third kappa shape index (κ3) is 7.32. The van der Waals surface area contributed by atoms with Gasteiger partial charge in [0.05, 0.1) is 18.3 Å². The maximum absolute atomic E-state index is 13.4. The van der Waals surface area contributed by atoms with Crippen LogP contribution in [0.4, 0.5) is 5.69 Å². The van der Waals surface area contributed by atoms with Crippen LogP contribution in [-0.4, -0.2) is 56.7 Å². The average molecular weight is 646 g/mol. The monoisotopic (exact) mass is 645 g/mol. The number of phenolic OH excluding ortho intramolecular Hbond substituents is 1. The van der Waals surface area contributed by atoms with Gasteiger partial charge >= 0.3 is 5.97 Å². The van der Waals surface area contributed by atoms with Gasteiger partial charge in [0.1, 0.15) is 17.5 Å². The summed E-state index contributed by atoms with van der Waals surface area (Å²) in [6.45, 7) is 0.230. The number of hydrogen-bond acceptors (Lipinski definition) is 6. The Morgan fingerprint density at radius 1 is 0.812 bits per heavy atom. The molecule has 2 atom stereocenters. The van der Waals surface area contributed by atoms with E-state index < -0.39 is 29.9 Å². The molecule has 0 radical (unpaired) electrons.